The third-order valence-electron chi connectivity index (χ3n) is 4.51. The maximum Gasteiger partial charge on any atom is 0.306 e. The molecule has 1 fully saturated rings. The summed E-state index contributed by atoms with van der Waals surface area (Å²) in [4.78, 5) is 11.9. The zero-order valence-electron chi connectivity index (χ0n) is 14.9. The van der Waals surface area contributed by atoms with Gasteiger partial charge in [-0.25, -0.2) is 0 Å². The lowest BCUT2D eigenvalue weighted by Gasteiger charge is -2.36. The van der Waals surface area contributed by atoms with E-state index >= 15 is 0 Å². The van der Waals surface area contributed by atoms with Crippen LogP contribution >= 0.6 is 0 Å². The Morgan fingerprint density at radius 1 is 1.04 bits per heavy atom. The fraction of sp³-hybridized carbons (Fsp3) is 0.944. The lowest BCUT2D eigenvalue weighted by molar-refractivity contribution is -0.213. The molecule has 142 valence electrons. The van der Waals surface area contributed by atoms with Crippen LogP contribution in [0.5, 0.6) is 0 Å². The standard InChI is InChI=1S/C18H34O6/c1-2-3-4-5-6-7-8-9-10-11-16(21)24-18-14(20)13-23-15(12-19)17(18)22/h14-15,17-20,22H,2-13H2,1H3/t14-,15-,17-,18-/m1/s1. The van der Waals surface area contributed by atoms with Crippen LogP contribution in [0, 0.1) is 0 Å². The second-order valence-corrected chi connectivity index (χ2v) is 6.65. The summed E-state index contributed by atoms with van der Waals surface area (Å²) in [5, 5.41) is 28.8. The van der Waals surface area contributed by atoms with Crippen molar-refractivity contribution < 1.29 is 29.6 Å². The molecule has 0 unspecified atom stereocenters. The molecule has 1 rings (SSSR count). The molecule has 0 spiro atoms. The van der Waals surface area contributed by atoms with Gasteiger partial charge in [0, 0.05) is 6.42 Å². The quantitative estimate of drug-likeness (QED) is 0.369. The number of esters is 1. The molecule has 0 radical (unpaired) electrons. The van der Waals surface area contributed by atoms with E-state index in [1.807, 2.05) is 0 Å². The summed E-state index contributed by atoms with van der Waals surface area (Å²) in [7, 11) is 0. The lowest BCUT2D eigenvalue weighted by Crippen LogP contribution is -2.55. The van der Waals surface area contributed by atoms with E-state index in [1.54, 1.807) is 0 Å². The summed E-state index contributed by atoms with van der Waals surface area (Å²) in [5.41, 5.74) is 0. The minimum absolute atomic E-state index is 0.0573. The van der Waals surface area contributed by atoms with Gasteiger partial charge in [-0.3, -0.25) is 4.79 Å². The molecule has 0 aromatic heterocycles. The smallest absolute Gasteiger partial charge is 0.306 e. The van der Waals surface area contributed by atoms with Crippen LogP contribution in [0.1, 0.15) is 71.1 Å². The van der Waals surface area contributed by atoms with Gasteiger partial charge in [0.2, 0.25) is 0 Å². The highest BCUT2D eigenvalue weighted by Gasteiger charge is 2.40. The predicted molar refractivity (Wildman–Crippen MR) is 90.6 cm³/mol. The van der Waals surface area contributed by atoms with Gasteiger partial charge in [-0.15, -0.1) is 0 Å². The zero-order chi connectivity index (χ0) is 17.8. The van der Waals surface area contributed by atoms with Gasteiger partial charge in [0.15, 0.2) is 6.10 Å². The second kappa shape index (κ2) is 12.6. The molecule has 0 aromatic carbocycles. The van der Waals surface area contributed by atoms with E-state index in [4.69, 9.17) is 14.6 Å². The van der Waals surface area contributed by atoms with Crippen molar-refractivity contribution in [1.82, 2.24) is 0 Å². The van der Waals surface area contributed by atoms with Crippen molar-refractivity contribution in [1.29, 1.82) is 0 Å². The fourth-order valence-electron chi connectivity index (χ4n) is 2.95. The molecule has 3 N–H and O–H groups in total. The number of carbonyl (C=O) groups is 1. The Kier molecular flexibility index (Phi) is 11.2. The average Bonchev–Trinajstić information content (AvgIpc) is 2.57. The molecule has 4 atom stereocenters. The van der Waals surface area contributed by atoms with Crippen molar-refractivity contribution >= 4 is 5.97 Å². The van der Waals surface area contributed by atoms with Crippen molar-refractivity contribution in [3.8, 4) is 0 Å². The van der Waals surface area contributed by atoms with Crippen molar-refractivity contribution in [2.75, 3.05) is 13.2 Å². The van der Waals surface area contributed by atoms with E-state index in [1.165, 1.54) is 38.5 Å². The van der Waals surface area contributed by atoms with Crippen molar-refractivity contribution in [3.05, 3.63) is 0 Å². The number of aliphatic hydroxyl groups is 3. The van der Waals surface area contributed by atoms with Gasteiger partial charge in [-0.2, -0.15) is 0 Å². The third-order valence-corrected chi connectivity index (χ3v) is 4.51. The van der Waals surface area contributed by atoms with E-state index in [9.17, 15) is 15.0 Å². The number of aliphatic hydroxyl groups excluding tert-OH is 3. The van der Waals surface area contributed by atoms with Crippen LogP contribution in [0.15, 0.2) is 0 Å². The predicted octanol–water partition coefficient (Wildman–Crippen LogP) is 1.93. The summed E-state index contributed by atoms with van der Waals surface area (Å²) in [6.07, 6.45) is 6.68. The topological polar surface area (TPSA) is 96.2 Å². The summed E-state index contributed by atoms with van der Waals surface area (Å²) < 4.78 is 10.3. The Morgan fingerprint density at radius 3 is 2.21 bits per heavy atom. The highest BCUT2D eigenvalue weighted by atomic mass is 16.6. The molecule has 0 bridgehead atoms. The van der Waals surface area contributed by atoms with Crippen molar-refractivity contribution in [3.63, 3.8) is 0 Å². The van der Waals surface area contributed by atoms with Crippen LogP contribution in [0.2, 0.25) is 0 Å². The molecule has 24 heavy (non-hydrogen) atoms. The molecule has 6 heteroatoms. The van der Waals surface area contributed by atoms with E-state index in [0.29, 0.717) is 0 Å². The summed E-state index contributed by atoms with van der Waals surface area (Å²) in [6, 6.07) is 0. The molecular weight excluding hydrogens is 312 g/mol. The van der Waals surface area contributed by atoms with Gasteiger partial charge in [0.25, 0.3) is 0 Å². The number of rotatable bonds is 12. The summed E-state index contributed by atoms with van der Waals surface area (Å²) >= 11 is 0. The number of carbonyl (C=O) groups excluding carboxylic acids is 1. The number of ether oxygens (including phenoxy) is 2. The molecule has 0 aliphatic carbocycles. The Labute approximate surface area is 145 Å². The molecular formula is C18H34O6. The van der Waals surface area contributed by atoms with Gasteiger partial charge in [-0.05, 0) is 6.42 Å². The van der Waals surface area contributed by atoms with Crippen LogP contribution in [0.25, 0.3) is 0 Å². The number of unbranched alkanes of at least 4 members (excludes halogenated alkanes) is 8. The first-order valence-corrected chi connectivity index (χ1v) is 9.38. The number of hydrogen-bond donors (Lipinski definition) is 3. The van der Waals surface area contributed by atoms with Crippen LogP contribution < -0.4 is 0 Å². The van der Waals surface area contributed by atoms with Gasteiger partial charge in [0.05, 0.1) is 13.2 Å². The molecule has 1 aliphatic rings. The van der Waals surface area contributed by atoms with Crippen molar-refractivity contribution in [2.24, 2.45) is 0 Å². The van der Waals surface area contributed by atoms with E-state index in [0.717, 1.165) is 19.3 Å². The van der Waals surface area contributed by atoms with Crippen LogP contribution in [0.4, 0.5) is 0 Å². The highest BCUT2D eigenvalue weighted by molar-refractivity contribution is 5.69. The first-order chi connectivity index (χ1) is 11.6. The monoisotopic (exact) mass is 346 g/mol. The Balaban J connectivity index is 2.10. The maximum absolute atomic E-state index is 11.9. The first kappa shape index (κ1) is 21.4. The molecule has 1 aliphatic heterocycles. The van der Waals surface area contributed by atoms with Gasteiger partial charge in [-0.1, -0.05) is 58.3 Å². The lowest BCUT2D eigenvalue weighted by atomic mass is 10.0. The Morgan fingerprint density at radius 2 is 1.62 bits per heavy atom. The molecule has 0 saturated carbocycles. The molecule has 0 amide bonds. The average molecular weight is 346 g/mol. The minimum Gasteiger partial charge on any atom is -0.457 e. The molecule has 0 aromatic rings. The molecule has 1 saturated heterocycles. The normalized spacial score (nSPS) is 27.2. The second-order valence-electron chi connectivity index (χ2n) is 6.65. The molecule has 1 heterocycles. The van der Waals surface area contributed by atoms with E-state index < -0.39 is 30.4 Å². The minimum atomic E-state index is -1.20. The summed E-state index contributed by atoms with van der Waals surface area (Å²) in [5.74, 6) is -0.417. The zero-order valence-corrected chi connectivity index (χ0v) is 14.9. The Bertz CT molecular complexity index is 335. The summed E-state index contributed by atoms with van der Waals surface area (Å²) in [6.45, 7) is 1.78. The Hall–Kier alpha value is -0.690. The van der Waals surface area contributed by atoms with E-state index in [2.05, 4.69) is 6.92 Å². The highest BCUT2D eigenvalue weighted by Crippen LogP contribution is 2.19. The van der Waals surface area contributed by atoms with E-state index in [-0.39, 0.29) is 19.6 Å². The fourth-order valence-corrected chi connectivity index (χ4v) is 2.95. The largest absolute Gasteiger partial charge is 0.457 e. The SMILES string of the molecule is CCCCCCCCCCCC(=O)O[C@H]1[C@H](O)[C@@H](CO)OC[C@H]1O. The van der Waals surface area contributed by atoms with Crippen molar-refractivity contribution in [2.45, 2.75) is 95.5 Å². The van der Waals surface area contributed by atoms with Gasteiger partial charge in [0.1, 0.15) is 18.3 Å². The first-order valence-electron chi connectivity index (χ1n) is 9.38. The van der Waals surface area contributed by atoms with Crippen LogP contribution in [-0.4, -0.2) is 58.9 Å². The van der Waals surface area contributed by atoms with Gasteiger partial charge >= 0.3 is 5.97 Å². The third kappa shape index (κ3) is 7.92. The van der Waals surface area contributed by atoms with Gasteiger partial charge < -0.3 is 24.8 Å². The van der Waals surface area contributed by atoms with Crippen LogP contribution in [0.3, 0.4) is 0 Å². The van der Waals surface area contributed by atoms with Crippen LogP contribution in [-0.2, 0) is 14.3 Å². The maximum atomic E-state index is 11.9. The molecule has 6 nitrogen and oxygen atoms in total. The number of hydrogen-bond acceptors (Lipinski definition) is 6.